The maximum Gasteiger partial charge on any atom is 0.0992 e. The molecule has 16 heavy (non-hydrogen) atoms. The van der Waals surface area contributed by atoms with Crippen LogP contribution in [0.4, 0.5) is 0 Å². The zero-order valence-electron chi connectivity index (χ0n) is 9.53. The Bertz CT molecular complexity index is 387. The fourth-order valence-corrected chi connectivity index (χ4v) is 1.60. The first-order chi connectivity index (χ1) is 7.67. The number of rotatable bonds is 5. The molecular formula is C12H15ClN2O. The van der Waals surface area contributed by atoms with Gasteiger partial charge >= 0.3 is 0 Å². The molecule has 0 aliphatic carbocycles. The second-order valence-electron chi connectivity index (χ2n) is 3.65. The molecule has 0 aliphatic rings. The lowest BCUT2D eigenvalue weighted by Crippen LogP contribution is -2.22. The number of methoxy groups -OCH3 is 1. The fraction of sp³-hybridized carbons (Fsp3) is 0.417. The van der Waals surface area contributed by atoms with Crippen LogP contribution in [-0.2, 0) is 11.3 Å². The SMILES string of the molecule is COCCN(C)Cc1ccc(C#N)cc1Cl. The normalized spacial score (nSPS) is 10.4. The van der Waals surface area contributed by atoms with E-state index in [1.165, 1.54) is 0 Å². The van der Waals surface area contributed by atoms with Gasteiger partial charge in [-0.3, -0.25) is 4.90 Å². The number of nitriles is 1. The quantitative estimate of drug-likeness (QED) is 0.790. The topological polar surface area (TPSA) is 36.3 Å². The molecule has 0 bridgehead atoms. The van der Waals surface area contributed by atoms with Gasteiger partial charge in [-0.15, -0.1) is 0 Å². The van der Waals surface area contributed by atoms with E-state index in [4.69, 9.17) is 21.6 Å². The second-order valence-corrected chi connectivity index (χ2v) is 4.06. The molecule has 0 aliphatic heterocycles. The highest BCUT2D eigenvalue weighted by molar-refractivity contribution is 6.31. The van der Waals surface area contributed by atoms with Crippen LogP contribution in [0.3, 0.4) is 0 Å². The van der Waals surface area contributed by atoms with Gasteiger partial charge in [0, 0.05) is 25.2 Å². The van der Waals surface area contributed by atoms with Crippen molar-refractivity contribution in [2.75, 3.05) is 27.3 Å². The smallest absolute Gasteiger partial charge is 0.0992 e. The number of ether oxygens (including phenoxy) is 1. The lowest BCUT2D eigenvalue weighted by molar-refractivity contribution is 0.158. The Balaban J connectivity index is 2.64. The van der Waals surface area contributed by atoms with Gasteiger partial charge in [-0.2, -0.15) is 5.26 Å². The van der Waals surface area contributed by atoms with E-state index in [-0.39, 0.29) is 0 Å². The van der Waals surface area contributed by atoms with E-state index in [1.807, 2.05) is 13.1 Å². The average Bonchev–Trinajstić information content (AvgIpc) is 2.29. The Hall–Kier alpha value is -1.08. The largest absolute Gasteiger partial charge is 0.383 e. The Labute approximate surface area is 101 Å². The summed E-state index contributed by atoms with van der Waals surface area (Å²) in [6.07, 6.45) is 0. The van der Waals surface area contributed by atoms with Crippen LogP contribution in [-0.4, -0.2) is 32.2 Å². The molecule has 0 heterocycles. The maximum absolute atomic E-state index is 8.72. The van der Waals surface area contributed by atoms with Crippen LogP contribution in [0.15, 0.2) is 18.2 Å². The summed E-state index contributed by atoms with van der Waals surface area (Å²) in [7, 11) is 3.69. The van der Waals surface area contributed by atoms with Crippen molar-refractivity contribution >= 4 is 11.6 Å². The molecule has 0 saturated heterocycles. The standard InChI is InChI=1S/C12H15ClN2O/c1-15(5-6-16-2)9-11-4-3-10(8-14)7-12(11)13/h3-4,7H,5-6,9H2,1-2H3. The summed E-state index contributed by atoms with van der Waals surface area (Å²) in [6, 6.07) is 7.44. The van der Waals surface area contributed by atoms with Crippen molar-refractivity contribution in [3.05, 3.63) is 34.3 Å². The zero-order chi connectivity index (χ0) is 12.0. The maximum atomic E-state index is 8.72. The van der Waals surface area contributed by atoms with Crippen LogP contribution in [0.5, 0.6) is 0 Å². The minimum atomic E-state index is 0.591. The van der Waals surface area contributed by atoms with Crippen molar-refractivity contribution in [2.45, 2.75) is 6.54 Å². The molecule has 0 fully saturated rings. The Morgan fingerprint density at radius 1 is 1.50 bits per heavy atom. The van der Waals surface area contributed by atoms with Gasteiger partial charge < -0.3 is 4.74 Å². The number of hydrogen-bond acceptors (Lipinski definition) is 3. The van der Waals surface area contributed by atoms with E-state index in [0.29, 0.717) is 17.2 Å². The van der Waals surface area contributed by atoms with Gasteiger partial charge in [0.25, 0.3) is 0 Å². The molecule has 0 N–H and O–H groups in total. The lowest BCUT2D eigenvalue weighted by atomic mass is 10.1. The molecule has 0 spiro atoms. The van der Waals surface area contributed by atoms with Crippen molar-refractivity contribution in [1.29, 1.82) is 5.26 Å². The number of benzene rings is 1. The minimum absolute atomic E-state index is 0.591. The molecule has 1 rings (SSSR count). The highest BCUT2D eigenvalue weighted by Crippen LogP contribution is 2.18. The van der Waals surface area contributed by atoms with Crippen LogP contribution in [0.25, 0.3) is 0 Å². The predicted molar refractivity (Wildman–Crippen MR) is 64.4 cm³/mol. The minimum Gasteiger partial charge on any atom is -0.383 e. The van der Waals surface area contributed by atoms with Gasteiger partial charge in [0.2, 0.25) is 0 Å². The first kappa shape index (κ1) is 13.0. The summed E-state index contributed by atoms with van der Waals surface area (Å²) in [5.74, 6) is 0. The highest BCUT2D eigenvalue weighted by Gasteiger charge is 2.05. The van der Waals surface area contributed by atoms with Crippen molar-refractivity contribution in [1.82, 2.24) is 4.90 Å². The predicted octanol–water partition coefficient (Wildman–Crippen LogP) is 2.29. The van der Waals surface area contributed by atoms with Crippen LogP contribution in [0.2, 0.25) is 5.02 Å². The highest BCUT2D eigenvalue weighted by atomic mass is 35.5. The van der Waals surface area contributed by atoms with Gasteiger partial charge in [-0.1, -0.05) is 17.7 Å². The summed E-state index contributed by atoms with van der Waals surface area (Å²) in [4.78, 5) is 2.12. The summed E-state index contributed by atoms with van der Waals surface area (Å²) < 4.78 is 5.00. The van der Waals surface area contributed by atoms with E-state index in [9.17, 15) is 0 Å². The lowest BCUT2D eigenvalue weighted by Gasteiger charge is -2.16. The second kappa shape index (κ2) is 6.49. The van der Waals surface area contributed by atoms with Crippen LogP contribution in [0.1, 0.15) is 11.1 Å². The van der Waals surface area contributed by atoms with E-state index in [0.717, 1.165) is 18.7 Å². The van der Waals surface area contributed by atoms with Gasteiger partial charge in [0.1, 0.15) is 0 Å². The molecule has 1 aromatic rings. The Morgan fingerprint density at radius 3 is 2.81 bits per heavy atom. The molecule has 0 atom stereocenters. The molecule has 0 amide bonds. The first-order valence-corrected chi connectivity index (χ1v) is 5.41. The molecule has 86 valence electrons. The number of hydrogen-bond donors (Lipinski definition) is 0. The van der Waals surface area contributed by atoms with Crippen LogP contribution in [0, 0.1) is 11.3 Å². The van der Waals surface area contributed by atoms with Gasteiger partial charge in [-0.05, 0) is 24.7 Å². The van der Waals surface area contributed by atoms with Crippen molar-refractivity contribution in [3.63, 3.8) is 0 Å². The molecule has 0 radical (unpaired) electrons. The van der Waals surface area contributed by atoms with E-state index < -0.39 is 0 Å². The fourth-order valence-electron chi connectivity index (χ4n) is 1.36. The van der Waals surface area contributed by atoms with Crippen LogP contribution >= 0.6 is 11.6 Å². The van der Waals surface area contributed by atoms with E-state index >= 15 is 0 Å². The monoisotopic (exact) mass is 238 g/mol. The summed E-state index contributed by atoms with van der Waals surface area (Å²) >= 11 is 6.08. The third-order valence-corrected chi connectivity index (χ3v) is 2.65. The van der Waals surface area contributed by atoms with Crippen molar-refractivity contribution in [2.24, 2.45) is 0 Å². The number of halogens is 1. The summed E-state index contributed by atoms with van der Waals surface area (Å²) in [5.41, 5.74) is 1.62. The molecule has 1 aromatic carbocycles. The summed E-state index contributed by atoms with van der Waals surface area (Å²) in [5, 5.41) is 9.36. The van der Waals surface area contributed by atoms with Crippen molar-refractivity contribution < 1.29 is 4.74 Å². The average molecular weight is 239 g/mol. The molecule has 0 saturated carbocycles. The zero-order valence-corrected chi connectivity index (χ0v) is 10.3. The first-order valence-electron chi connectivity index (χ1n) is 5.03. The van der Waals surface area contributed by atoms with Gasteiger partial charge in [-0.25, -0.2) is 0 Å². The molecule has 0 aromatic heterocycles. The molecular weight excluding hydrogens is 224 g/mol. The summed E-state index contributed by atoms with van der Waals surface area (Å²) in [6.45, 7) is 2.31. The Kier molecular flexibility index (Phi) is 5.27. The van der Waals surface area contributed by atoms with Gasteiger partial charge in [0.05, 0.1) is 18.2 Å². The number of likely N-dealkylation sites (N-methyl/N-ethyl adjacent to an activating group) is 1. The van der Waals surface area contributed by atoms with E-state index in [2.05, 4.69) is 11.0 Å². The number of nitrogens with zero attached hydrogens (tertiary/aromatic N) is 2. The van der Waals surface area contributed by atoms with Crippen LogP contribution < -0.4 is 0 Å². The Morgan fingerprint density at radius 2 is 2.25 bits per heavy atom. The van der Waals surface area contributed by atoms with E-state index in [1.54, 1.807) is 19.2 Å². The third-order valence-electron chi connectivity index (χ3n) is 2.30. The van der Waals surface area contributed by atoms with Gasteiger partial charge in [0.15, 0.2) is 0 Å². The molecule has 4 heteroatoms. The third kappa shape index (κ3) is 3.82. The van der Waals surface area contributed by atoms with Crippen molar-refractivity contribution in [3.8, 4) is 6.07 Å². The molecule has 0 unspecified atom stereocenters. The molecule has 3 nitrogen and oxygen atoms in total.